The van der Waals surface area contributed by atoms with Crippen molar-refractivity contribution in [1.82, 2.24) is 10.1 Å². The van der Waals surface area contributed by atoms with Gasteiger partial charge < -0.3 is 13.7 Å². The standard InChI is InChI=1S/C12H10N2O3/c1-15-7-11-13-12(14-17-11)10-6-8-4-2-3-5-9(8)16-10/h2-6H,7H2,1H3. The van der Waals surface area contributed by atoms with Crippen LogP contribution in [0, 0.1) is 0 Å². The zero-order valence-electron chi connectivity index (χ0n) is 9.21. The Hall–Kier alpha value is -2.14. The molecule has 5 heteroatoms. The minimum absolute atomic E-state index is 0.299. The quantitative estimate of drug-likeness (QED) is 0.692. The van der Waals surface area contributed by atoms with Crippen molar-refractivity contribution in [2.45, 2.75) is 6.61 Å². The van der Waals surface area contributed by atoms with Crippen LogP contribution in [0.2, 0.25) is 0 Å². The summed E-state index contributed by atoms with van der Waals surface area (Å²) in [7, 11) is 1.57. The maximum absolute atomic E-state index is 5.62. The van der Waals surface area contributed by atoms with E-state index in [1.807, 2.05) is 30.3 Å². The predicted octanol–water partition coefficient (Wildman–Crippen LogP) is 2.63. The molecule has 2 aromatic heterocycles. The van der Waals surface area contributed by atoms with Crippen molar-refractivity contribution in [2.75, 3.05) is 7.11 Å². The van der Waals surface area contributed by atoms with Crippen LogP contribution in [-0.4, -0.2) is 17.3 Å². The van der Waals surface area contributed by atoms with Crippen LogP contribution < -0.4 is 0 Å². The molecule has 86 valence electrons. The average Bonchev–Trinajstić information content (AvgIpc) is 2.94. The van der Waals surface area contributed by atoms with Crippen LogP contribution in [0.3, 0.4) is 0 Å². The zero-order valence-corrected chi connectivity index (χ0v) is 9.21. The molecule has 2 heterocycles. The van der Waals surface area contributed by atoms with E-state index in [1.54, 1.807) is 7.11 Å². The number of rotatable bonds is 3. The number of nitrogens with zero attached hydrogens (tertiary/aromatic N) is 2. The summed E-state index contributed by atoms with van der Waals surface area (Å²) in [5.74, 6) is 1.47. The molecule has 0 saturated carbocycles. The highest BCUT2D eigenvalue weighted by Crippen LogP contribution is 2.25. The molecule has 0 unspecified atom stereocenters. The number of benzene rings is 1. The maximum atomic E-state index is 5.62. The minimum Gasteiger partial charge on any atom is -0.453 e. The molecule has 0 fully saturated rings. The fraction of sp³-hybridized carbons (Fsp3) is 0.167. The van der Waals surface area contributed by atoms with E-state index in [2.05, 4.69) is 10.1 Å². The van der Waals surface area contributed by atoms with Gasteiger partial charge in [-0.3, -0.25) is 0 Å². The van der Waals surface area contributed by atoms with Crippen LogP contribution >= 0.6 is 0 Å². The average molecular weight is 230 g/mol. The topological polar surface area (TPSA) is 61.3 Å². The van der Waals surface area contributed by atoms with Crippen molar-refractivity contribution < 1.29 is 13.7 Å². The van der Waals surface area contributed by atoms with Gasteiger partial charge in [0.1, 0.15) is 12.2 Å². The molecule has 17 heavy (non-hydrogen) atoms. The largest absolute Gasteiger partial charge is 0.453 e. The third kappa shape index (κ3) is 1.81. The lowest BCUT2D eigenvalue weighted by molar-refractivity contribution is 0.151. The van der Waals surface area contributed by atoms with Gasteiger partial charge in [0.15, 0.2) is 5.76 Å². The van der Waals surface area contributed by atoms with Crippen LogP contribution in [0.1, 0.15) is 5.89 Å². The second-order valence-corrected chi connectivity index (χ2v) is 3.59. The van der Waals surface area contributed by atoms with E-state index >= 15 is 0 Å². The molecule has 5 nitrogen and oxygen atoms in total. The Kier molecular flexibility index (Phi) is 2.38. The Balaban J connectivity index is 2.01. The first-order chi connectivity index (χ1) is 8.36. The number of hydrogen-bond donors (Lipinski definition) is 0. The first-order valence-electron chi connectivity index (χ1n) is 5.17. The number of para-hydroxylation sites is 1. The monoisotopic (exact) mass is 230 g/mol. The van der Waals surface area contributed by atoms with Crippen molar-refractivity contribution in [3.63, 3.8) is 0 Å². The van der Waals surface area contributed by atoms with Gasteiger partial charge in [0.05, 0.1) is 0 Å². The molecule has 3 aromatic rings. The number of methoxy groups -OCH3 is 1. The number of fused-ring (bicyclic) bond motifs is 1. The SMILES string of the molecule is COCc1nc(-c2cc3ccccc3o2)no1. The number of aromatic nitrogens is 2. The molecular formula is C12H10N2O3. The Morgan fingerprint density at radius 1 is 1.29 bits per heavy atom. The lowest BCUT2D eigenvalue weighted by Gasteiger charge is -1.86. The second kappa shape index (κ2) is 4.03. The summed E-state index contributed by atoms with van der Waals surface area (Å²) < 4.78 is 15.5. The highest BCUT2D eigenvalue weighted by molar-refractivity contribution is 5.81. The van der Waals surface area contributed by atoms with E-state index in [0.717, 1.165) is 11.0 Å². The van der Waals surface area contributed by atoms with Crippen molar-refractivity contribution in [2.24, 2.45) is 0 Å². The normalized spacial score (nSPS) is 11.1. The summed E-state index contributed by atoms with van der Waals surface area (Å²) in [6.45, 7) is 0.299. The van der Waals surface area contributed by atoms with E-state index < -0.39 is 0 Å². The van der Waals surface area contributed by atoms with Crippen molar-refractivity contribution >= 4 is 11.0 Å². The molecule has 1 aromatic carbocycles. The van der Waals surface area contributed by atoms with Gasteiger partial charge in [-0.05, 0) is 12.1 Å². The van der Waals surface area contributed by atoms with E-state index in [9.17, 15) is 0 Å². The van der Waals surface area contributed by atoms with Gasteiger partial charge in [0.25, 0.3) is 5.89 Å². The Morgan fingerprint density at radius 3 is 3.00 bits per heavy atom. The summed E-state index contributed by atoms with van der Waals surface area (Å²) in [6.07, 6.45) is 0. The van der Waals surface area contributed by atoms with Gasteiger partial charge in [-0.2, -0.15) is 4.98 Å². The van der Waals surface area contributed by atoms with Gasteiger partial charge in [-0.1, -0.05) is 23.4 Å². The van der Waals surface area contributed by atoms with E-state index in [1.165, 1.54) is 0 Å². The van der Waals surface area contributed by atoms with E-state index in [-0.39, 0.29) is 0 Å². The summed E-state index contributed by atoms with van der Waals surface area (Å²) in [6, 6.07) is 9.63. The van der Waals surface area contributed by atoms with Crippen molar-refractivity contribution in [3.05, 3.63) is 36.2 Å². The smallest absolute Gasteiger partial charge is 0.253 e. The van der Waals surface area contributed by atoms with E-state index in [0.29, 0.717) is 24.1 Å². The molecule has 0 amide bonds. The third-order valence-electron chi connectivity index (χ3n) is 2.38. The molecule has 0 saturated heterocycles. The first kappa shape index (κ1) is 10.0. The van der Waals surface area contributed by atoms with Gasteiger partial charge in [0, 0.05) is 12.5 Å². The zero-order chi connectivity index (χ0) is 11.7. The van der Waals surface area contributed by atoms with Gasteiger partial charge in [-0.25, -0.2) is 0 Å². The molecule has 0 atom stereocenters. The maximum Gasteiger partial charge on any atom is 0.253 e. The van der Waals surface area contributed by atoms with Crippen LogP contribution in [0.25, 0.3) is 22.6 Å². The summed E-state index contributed by atoms with van der Waals surface area (Å²) in [5, 5.41) is 4.85. The number of hydrogen-bond acceptors (Lipinski definition) is 5. The van der Waals surface area contributed by atoms with Gasteiger partial charge >= 0.3 is 0 Å². The van der Waals surface area contributed by atoms with Crippen molar-refractivity contribution in [3.8, 4) is 11.6 Å². The Labute approximate surface area is 97.0 Å². The molecular weight excluding hydrogens is 220 g/mol. The molecule has 0 N–H and O–H groups in total. The molecule has 0 bridgehead atoms. The van der Waals surface area contributed by atoms with Crippen LogP contribution in [0.15, 0.2) is 39.3 Å². The molecule has 0 radical (unpaired) electrons. The number of furan rings is 1. The summed E-state index contributed by atoms with van der Waals surface area (Å²) in [5.41, 5.74) is 0.806. The lowest BCUT2D eigenvalue weighted by atomic mass is 10.2. The van der Waals surface area contributed by atoms with Crippen LogP contribution in [-0.2, 0) is 11.3 Å². The summed E-state index contributed by atoms with van der Waals surface area (Å²) in [4.78, 5) is 4.17. The predicted molar refractivity (Wildman–Crippen MR) is 60.2 cm³/mol. The Morgan fingerprint density at radius 2 is 2.18 bits per heavy atom. The fourth-order valence-electron chi connectivity index (χ4n) is 1.63. The molecule has 3 rings (SSSR count). The lowest BCUT2D eigenvalue weighted by Crippen LogP contribution is -1.86. The second-order valence-electron chi connectivity index (χ2n) is 3.59. The molecule has 0 aliphatic heterocycles. The molecule has 0 aliphatic rings. The van der Waals surface area contributed by atoms with Gasteiger partial charge in [-0.15, -0.1) is 0 Å². The number of ether oxygens (including phenoxy) is 1. The first-order valence-corrected chi connectivity index (χ1v) is 5.17. The third-order valence-corrected chi connectivity index (χ3v) is 2.38. The minimum atomic E-state index is 0.299. The molecule has 0 spiro atoms. The van der Waals surface area contributed by atoms with E-state index in [4.69, 9.17) is 13.7 Å². The van der Waals surface area contributed by atoms with Crippen LogP contribution in [0.4, 0.5) is 0 Å². The Bertz CT molecular complexity index is 609. The highest BCUT2D eigenvalue weighted by Gasteiger charge is 2.12. The fourth-order valence-corrected chi connectivity index (χ4v) is 1.63. The molecule has 0 aliphatic carbocycles. The summed E-state index contributed by atoms with van der Waals surface area (Å²) >= 11 is 0. The van der Waals surface area contributed by atoms with Crippen molar-refractivity contribution in [1.29, 1.82) is 0 Å². The van der Waals surface area contributed by atoms with Crippen LogP contribution in [0.5, 0.6) is 0 Å². The van der Waals surface area contributed by atoms with Gasteiger partial charge in [0.2, 0.25) is 5.82 Å². The highest BCUT2D eigenvalue weighted by atomic mass is 16.5.